The quantitative estimate of drug-likeness (QED) is 0.0375. The van der Waals surface area contributed by atoms with Crippen molar-refractivity contribution in [1.29, 1.82) is 0 Å². The average Bonchev–Trinajstić information content (AvgIpc) is 3.95. The number of aliphatic hydroxyl groups is 2. The smallest absolute Gasteiger partial charge is 0.357 e. The summed E-state index contributed by atoms with van der Waals surface area (Å²) >= 11 is 3.75. The monoisotopic (exact) mass is 1230 g/mol. The van der Waals surface area contributed by atoms with Gasteiger partial charge >= 0.3 is 135 Å². The van der Waals surface area contributed by atoms with E-state index < -0.39 is 53.3 Å². The van der Waals surface area contributed by atoms with Crippen molar-refractivity contribution in [1.82, 2.24) is 49.7 Å². The standard InChI is InChI=1S/C24H21N5O4.C20H18ClN3O4.C4H3N2.3C4H9.CH4.Sn/c1-3-33-22(30)19-14-18(20-15-25-10-11-26-20)27-21(28-19)17-6-4-5-16(13-17)7-8-24(32)9-12-29(2)23(24)31;1-3-28-18(25)15-12-16(21)23-17(22-15)14-6-4-5-13(11-14)7-8-20(27)9-10-24(2)19(20)26;1-2-6-4-3-5-1;3*1-3-4-2;;/h4-6,10-11,13-15,32H,3,9,12H2,1-2H3;4-6,11-12,27H,3,9-10H2,1-2H3;1-3H;3*1,3-4H2,2H3;1H4;/t24-;20-;;;;;;/m00....../s1. The van der Waals surface area contributed by atoms with Crippen molar-refractivity contribution in [3.63, 3.8) is 0 Å². The summed E-state index contributed by atoms with van der Waals surface area (Å²) in [6.45, 7) is 11.7. The van der Waals surface area contributed by atoms with Crippen molar-refractivity contribution >= 4 is 57.4 Å². The molecule has 0 saturated carbocycles. The molecule has 8 rings (SSSR count). The van der Waals surface area contributed by atoms with Gasteiger partial charge in [0.2, 0.25) is 11.2 Å². The number of unbranched alkanes of at least 4 members (excludes halogenated alkanes) is 3. The molecule has 2 N–H and O–H groups in total. The number of aromatic nitrogens is 8. The zero-order valence-corrected chi connectivity index (χ0v) is 50.1. The van der Waals surface area contributed by atoms with Crippen LogP contribution in [0.3, 0.4) is 0 Å². The number of amides is 2. The third-order valence-corrected chi connectivity index (χ3v) is 28.7. The van der Waals surface area contributed by atoms with Gasteiger partial charge in [-0.1, -0.05) is 67.0 Å². The SMILES string of the molecule is C.CCC[CH2][Sn]([CH2]CCC)([CH2]CCC)[c]1cnccn1.CCOC(=O)c1cc(-c2cnccn2)nc(-c2cccc(C#C[C@]3(O)CCN(C)C3=O)c2)n1.CCOC(=O)c1cc(Cl)nc(-c2cccc(C#C[C@]3(O)CCN(C)C3=O)c2)n1. The van der Waals surface area contributed by atoms with E-state index in [1.54, 1.807) is 88.9 Å². The fraction of sp³-hybridized carbons (Fsp3) is 0.410. The minimum Gasteiger partial charge on any atom is -0.461 e. The molecule has 0 unspecified atom stereocenters. The van der Waals surface area contributed by atoms with E-state index in [1.165, 1.54) is 83.7 Å². The van der Waals surface area contributed by atoms with E-state index in [0.29, 0.717) is 46.7 Å². The number of ether oxygens (including phenoxy) is 2. The summed E-state index contributed by atoms with van der Waals surface area (Å²) in [5, 5.41) is 21.0. The van der Waals surface area contributed by atoms with E-state index in [4.69, 9.17) is 26.1 Å². The Morgan fingerprint density at radius 2 is 1.10 bits per heavy atom. The fourth-order valence-corrected chi connectivity index (χ4v) is 24.3. The maximum Gasteiger partial charge on any atom is 0.357 e. The van der Waals surface area contributed by atoms with E-state index in [-0.39, 0.29) is 61.7 Å². The molecule has 2 fully saturated rings. The van der Waals surface area contributed by atoms with Crippen LogP contribution >= 0.6 is 11.6 Å². The molecule has 20 heteroatoms. The van der Waals surface area contributed by atoms with Crippen molar-refractivity contribution in [2.24, 2.45) is 0 Å². The van der Waals surface area contributed by atoms with Crippen LogP contribution in [-0.2, 0) is 19.1 Å². The first kappa shape index (κ1) is 64.6. The Labute approximate surface area is 484 Å². The van der Waals surface area contributed by atoms with E-state index >= 15 is 0 Å². The molecule has 0 aliphatic carbocycles. The summed E-state index contributed by atoms with van der Waals surface area (Å²) in [5.41, 5.74) is -0.00502. The number of hydrogen-bond donors (Lipinski definition) is 2. The Morgan fingerprint density at radius 1 is 0.630 bits per heavy atom. The Balaban J connectivity index is 0.000000230. The molecule has 6 heterocycles. The number of halogens is 1. The second-order valence-electron chi connectivity index (χ2n) is 19.4. The zero-order valence-electron chi connectivity index (χ0n) is 46.5. The number of rotatable bonds is 17. The van der Waals surface area contributed by atoms with Crippen LogP contribution in [0.1, 0.15) is 126 Å². The minimum absolute atomic E-state index is 0. The van der Waals surface area contributed by atoms with Gasteiger partial charge in [-0.3, -0.25) is 19.6 Å². The number of likely N-dealkylation sites (tertiary alicyclic amines) is 2. The van der Waals surface area contributed by atoms with E-state index in [9.17, 15) is 29.4 Å². The number of carbonyl (C=O) groups is 4. The summed E-state index contributed by atoms with van der Waals surface area (Å²) in [4.78, 5) is 86.1. The molecule has 2 saturated heterocycles. The topological polar surface area (TPSA) is 237 Å². The second kappa shape index (κ2) is 31.1. The molecule has 2 aliphatic heterocycles. The number of nitrogens with zero attached hydrogens (tertiary/aromatic N) is 10. The Bertz CT molecular complexity index is 3210. The van der Waals surface area contributed by atoms with Crippen molar-refractivity contribution < 1.29 is 38.9 Å². The molecule has 2 amide bonds. The molecule has 18 nitrogen and oxygen atoms in total. The maximum atomic E-state index is 12.4. The van der Waals surface area contributed by atoms with Gasteiger partial charge in [-0.25, -0.2) is 29.5 Å². The number of hydrogen-bond acceptors (Lipinski definition) is 16. The summed E-state index contributed by atoms with van der Waals surface area (Å²) in [5.74, 6) is 9.61. The first-order valence-corrected chi connectivity index (χ1v) is 34.9. The Hall–Kier alpha value is -7.23. The molecule has 0 radical (unpaired) electrons. The van der Waals surface area contributed by atoms with Crippen LogP contribution in [0.2, 0.25) is 18.5 Å². The van der Waals surface area contributed by atoms with E-state index in [2.05, 4.69) is 85.5 Å². The van der Waals surface area contributed by atoms with Crippen LogP contribution in [0.15, 0.2) is 97.8 Å². The van der Waals surface area contributed by atoms with E-state index in [0.717, 1.165) is 0 Å². The normalized spacial score (nSPS) is 16.3. The summed E-state index contributed by atoms with van der Waals surface area (Å²) in [6, 6.07) is 16.8. The van der Waals surface area contributed by atoms with Gasteiger partial charge in [0.15, 0.2) is 23.0 Å². The van der Waals surface area contributed by atoms with E-state index in [1.807, 2.05) is 12.4 Å². The molecule has 2 aromatic carbocycles. The zero-order chi connectivity index (χ0) is 57.7. The minimum atomic E-state index is -2.27. The largest absolute Gasteiger partial charge is 0.461 e. The van der Waals surface area contributed by atoms with Crippen LogP contribution < -0.4 is 3.71 Å². The van der Waals surface area contributed by atoms with Crippen molar-refractivity contribution in [3.8, 4) is 57.8 Å². The van der Waals surface area contributed by atoms with Gasteiger partial charge in [0.1, 0.15) is 10.8 Å². The van der Waals surface area contributed by atoms with Gasteiger partial charge in [-0.2, -0.15) is 0 Å². The number of esters is 2. The van der Waals surface area contributed by atoms with Gasteiger partial charge < -0.3 is 29.5 Å². The first-order chi connectivity index (χ1) is 38.5. The number of carbonyl (C=O) groups excluding carboxylic acids is 4. The van der Waals surface area contributed by atoms with Gasteiger partial charge in [-0.05, 0) is 44.2 Å². The molecule has 6 aromatic rings. The van der Waals surface area contributed by atoms with Crippen LogP contribution in [-0.4, -0.2) is 154 Å². The van der Waals surface area contributed by atoms with Gasteiger partial charge in [0.25, 0.3) is 11.8 Å². The third-order valence-electron chi connectivity index (χ3n) is 13.4. The summed E-state index contributed by atoms with van der Waals surface area (Å²) < 4.78 is 15.9. The first-order valence-electron chi connectivity index (χ1n) is 27.0. The van der Waals surface area contributed by atoms with Crippen LogP contribution in [0.5, 0.6) is 0 Å². The third kappa shape index (κ3) is 17.6. The molecule has 0 bridgehead atoms. The molecular formula is C61H73ClN10O8Sn. The predicted octanol–water partition coefficient (Wildman–Crippen LogP) is 8.81. The maximum absolute atomic E-state index is 12.4. The fourth-order valence-electron chi connectivity index (χ4n) is 8.95. The average molecular weight is 1230 g/mol. The Kier molecular flexibility index (Phi) is 24.8. The number of benzene rings is 2. The second-order valence-corrected chi connectivity index (χ2v) is 32.8. The summed E-state index contributed by atoms with van der Waals surface area (Å²) in [7, 11) is 3.26. The summed E-state index contributed by atoms with van der Waals surface area (Å²) in [6.07, 6.45) is 19.1. The molecule has 2 aliphatic rings. The predicted molar refractivity (Wildman–Crippen MR) is 314 cm³/mol. The number of likely N-dealkylation sites (N-methyl/N-ethyl adjacent to an activating group) is 2. The van der Waals surface area contributed by atoms with Gasteiger partial charge in [0, 0.05) is 80.7 Å². The Morgan fingerprint density at radius 3 is 1.52 bits per heavy atom. The molecule has 81 heavy (non-hydrogen) atoms. The van der Waals surface area contributed by atoms with Crippen molar-refractivity contribution in [2.75, 3.05) is 40.4 Å². The van der Waals surface area contributed by atoms with Crippen LogP contribution in [0, 0.1) is 23.7 Å². The molecule has 0 spiro atoms. The molecular weight excluding hydrogens is 1150 g/mol. The van der Waals surface area contributed by atoms with Crippen molar-refractivity contribution in [3.05, 3.63) is 126 Å². The van der Waals surface area contributed by atoms with Gasteiger partial charge in [-0.15, -0.1) is 0 Å². The molecule has 4 aromatic heterocycles. The molecule has 2 atom stereocenters. The molecule has 426 valence electrons. The van der Waals surface area contributed by atoms with Crippen LogP contribution in [0.25, 0.3) is 34.2 Å². The van der Waals surface area contributed by atoms with Crippen LogP contribution in [0.4, 0.5) is 0 Å². The van der Waals surface area contributed by atoms with Gasteiger partial charge in [0.05, 0.1) is 25.1 Å². The van der Waals surface area contributed by atoms with Crippen molar-refractivity contribution in [2.45, 2.75) is 118 Å².